The molecule has 4 atom stereocenters. The first-order valence-corrected chi connectivity index (χ1v) is 10.8. The lowest BCUT2D eigenvalue weighted by Gasteiger charge is -2.31. The third-order valence-electron chi connectivity index (χ3n) is 5.37. The second kappa shape index (κ2) is 13.0. The Balaban J connectivity index is 2.86. The van der Waals surface area contributed by atoms with Gasteiger partial charge in [-0.25, -0.2) is 4.79 Å². The summed E-state index contributed by atoms with van der Waals surface area (Å²) < 4.78 is 0. The molecule has 0 aromatic rings. The van der Waals surface area contributed by atoms with Gasteiger partial charge in [-0.05, 0) is 38.1 Å². The van der Waals surface area contributed by atoms with Gasteiger partial charge < -0.3 is 37.2 Å². The van der Waals surface area contributed by atoms with Crippen molar-refractivity contribution in [3.63, 3.8) is 0 Å². The van der Waals surface area contributed by atoms with Crippen LogP contribution in [-0.4, -0.2) is 82.0 Å². The first-order chi connectivity index (χ1) is 15.0. The summed E-state index contributed by atoms with van der Waals surface area (Å²) in [5, 5.41) is 22.9. The molecular formula is C20H35N5O7. The number of carboxylic acid groups (broad SMARTS) is 2. The number of carbonyl (C=O) groups excluding carboxylic acids is 3. The van der Waals surface area contributed by atoms with Crippen LogP contribution in [0.4, 0.5) is 0 Å². The van der Waals surface area contributed by atoms with E-state index in [0.29, 0.717) is 32.2 Å². The Bertz CT molecular complexity index is 700. The molecule has 182 valence electrons. The average molecular weight is 458 g/mol. The highest BCUT2D eigenvalue weighted by molar-refractivity contribution is 5.95. The van der Waals surface area contributed by atoms with Crippen LogP contribution in [0.25, 0.3) is 0 Å². The number of hydrogen-bond donors (Lipinski definition) is 6. The molecule has 3 amide bonds. The molecule has 1 aliphatic heterocycles. The number of likely N-dealkylation sites (tertiary alicyclic amines) is 1. The number of aliphatic carboxylic acids is 2. The third-order valence-corrected chi connectivity index (χ3v) is 5.37. The van der Waals surface area contributed by atoms with Crippen molar-refractivity contribution in [1.82, 2.24) is 15.5 Å². The van der Waals surface area contributed by atoms with Gasteiger partial charge in [0.25, 0.3) is 0 Å². The van der Waals surface area contributed by atoms with E-state index in [1.54, 1.807) is 13.8 Å². The fraction of sp³-hybridized carbons (Fsp3) is 0.750. The van der Waals surface area contributed by atoms with Gasteiger partial charge in [0.1, 0.15) is 18.1 Å². The molecule has 0 aromatic carbocycles. The highest BCUT2D eigenvalue weighted by atomic mass is 16.4. The fourth-order valence-corrected chi connectivity index (χ4v) is 3.54. The van der Waals surface area contributed by atoms with Crippen LogP contribution in [0, 0.1) is 5.92 Å². The van der Waals surface area contributed by atoms with E-state index >= 15 is 0 Å². The number of nitrogens with one attached hydrogen (secondary N) is 2. The van der Waals surface area contributed by atoms with Crippen LogP contribution in [0.15, 0.2) is 0 Å². The molecule has 4 unspecified atom stereocenters. The van der Waals surface area contributed by atoms with Crippen LogP contribution in [0.1, 0.15) is 52.4 Å². The van der Waals surface area contributed by atoms with E-state index in [-0.39, 0.29) is 12.5 Å². The lowest BCUT2D eigenvalue weighted by molar-refractivity contribution is -0.148. The van der Waals surface area contributed by atoms with Gasteiger partial charge in [0.2, 0.25) is 17.7 Å². The van der Waals surface area contributed by atoms with Gasteiger partial charge >= 0.3 is 11.9 Å². The van der Waals surface area contributed by atoms with Crippen LogP contribution in [-0.2, 0) is 24.0 Å². The van der Waals surface area contributed by atoms with E-state index in [1.807, 2.05) is 0 Å². The molecule has 0 aliphatic carbocycles. The number of nitrogens with two attached hydrogens (primary N) is 2. The molecule has 12 heteroatoms. The molecule has 0 saturated carbocycles. The van der Waals surface area contributed by atoms with Crippen molar-refractivity contribution in [1.29, 1.82) is 0 Å². The molecule has 1 fully saturated rings. The van der Waals surface area contributed by atoms with Crippen molar-refractivity contribution in [3.8, 4) is 0 Å². The Morgan fingerprint density at radius 2 is 1.75 bits per heavy atom. The summed E-state index contributed by atoms with van der Waals surface area (Å²) >= 11 is 0. The molecule has 12 nitrogen and oxygen atoms in total. The van der Waals surface area contributed by atoms with Crippen molar-refractivity contribution in [2.75, 3.05) is 13.1 Å². The summed E-state index contributed by atoms with van der Waals surface area (Å²) in [5.41, 5.74) is 11.4. The zero-order chi connectivity index (χ0) is 24.4. The van der Waals surface area contributed by atoms with Gasteiger partial charge in [0, 0.05) is 6.54 Å². The van der Waals surface area contributed by atoms with E-state index in [4.69, 9.17) is 21.7 Å². The third kappa shape index (κ3) is 8.08. The maximum atomic E-state index is 13.2. The molecule has 1 rings (SSSR count). The van der Waals surface area contributed by atoms with Crippen LogP contribution in [0.5, 0.6) is 0 Å². The van der Waals surface area contributed by atoms with Crippen LogP contribution >= 0.6 is 0 Å². The first kappa shape index (κ1) is 27.3. The van der Waals surface area contributed by atoms with E-state index in [2.05, 4.69) is 10.6 Å². The van der Waals surface area contributed by atoms with Crippen LogP contribution in [0.2, 0.25) is 0 Å². The molecule has 0 bridgehead atoms. The zero-order valence-corrected chi connectivity index (χ0v) is 18.6. The van der Waals surface area contributed by atoms with E-state index in [9.17, 15) is 24.0 Å². The van der Waals surface area contributed by atoms with Crippen LogP contribution in [0.3, 0.4) is 0 Å². The number of carbonyl (C=O) groups is 5. The van der Waals surface area contributed by atoms with Gasteiger partial charge in [-0.1, -0.05) is 20.3 Å². The molecule has 0 aromatic heterocycles. The van der Waals surface area contributed by atoms with Crippen molar-refractivity contribution in [2.24, 2.45) is 17.4 Å². The molecular weight excluding hydrogens is 422 g/mol. The SMILES string of the molecule is CC(C)C(NC(=O)C(N)CCCCN)C(=O)N1CCCC1C(=O)NC(CC(=O)O)C(=O)O. The molecule has 1 saturated heterocycles. The van der Waals surface area contributed by atoms with Gasteiger partial charge in [-0.15, -0.1) is 0 Å². The number of unbranched alkanes of at least 4 members (excludes halogenated alkanes) is 1. The normalized spacial score (nSPS) is 18.7. The van der Waals surface area contributed by atoms with Gasteiger partial charge in [-0.3, -0.25) is 19.2 Å². The van der Waals surface area contributed by atoms with Gasteiger partial charge in [0.15, 0.2) is 0 Å². The Morgan fingerprint density at radius 1 is 1.09 bits per heavy atom. The smallest absolute Gasteiger partial charge is 0.326 e. The topological polar surface area (TPSA) is 205 Å². The lowest BCUT2D eigenvalue weighted by Crippen LogP contribution is -2.58. The summed E-state index contributed by atoms with van der Waals surface area (Å²) in [7, 11) is 0. The van der Waals surface area contributed by atoms with E-state index in [1.165, 1.54) is 4.90 Å². The van der Waals surface area contributed by atoms with Gasteiger partial charge in [0.05, 0.1) is 12.5 Å². The zero-order valence-electron chi connectivity index (χ0n) is 18.6. The summed E-state index contributed by atoms with van der Waals surface area (Å²) in [5.74, 6) is -4.82. The maximum absolute atomic E-state index is 13.2. The Hall–Kier alpha value is -2.73. The highest BCUT2D eigenvalue weighted by Crippen LogP contribution is 2.21. The predicted molar refractivity (Wildman–Crippen MR) is 114 cm³/mol. The lowest BCUT2D eigenvalue weighted by atomic mass is 10.0. The van der Waals surface area contributed by atoms with Crippen LogP contribution < -0.4 is 22.1 Å². The Kier molecular flexibility index (Phi) is 11.1. The number of amides is 3. The minimum atomic E-state index is -1.61. The summed E-state index contributed by atoms with van der Waals surface area (Å²) in [6.45, 7) is 4.26. The summed E-state index contributed by atoms with van der Waals surface area (Å²) in [4.78, 5) is 61.7. The highest BCUT2D eigenvalue weighted by Gasteiger charge is 2.40. The largest absolute Gasteiger partial charge is 0.481 e. The molecule has 0 radical (unpaired) electrons. The quantitative estimate of drug-likeness (QED) is 0.180. The van der Waals surface area contributed by atoms with E-state index in [0.717, 1.165) is 6.42 Å². The molecule has 32 heavy (non-hydrogen) atoms. The second-order valence-corrected chi connectivity index (χ2v) is 8.31. The average Bonchev–Trinajstić information content (AvgIpc) is 3.20. The second-order valence-electron chi connectivity index (χ2n) is 8.31. The monoisotopic (exact) mass is 457 g/mol. The minimum Gasteiger partial charge on any atom is -0.481 e. The number of rotatable bonds is 13. The van der Waals surface area contributed by atoms with Gasteiger partial charge in [-0.2, -0.15) is 0 Å². The van der Waals surface area contributed by atoms with Crippen molar-refractivity contribution >= 4 is 29.7 Å². The predicted octanol–water partition coefficient (Wildman–Crippen LogP) is -1.38. The van der Waals surface area contributed by atoms with Crippen molar-refractivity contribution in [3.05, 3.63) is 0 Å². The number of carboxylic acids is 2. The Labute approximate surface area is 187 Å². The molecule has 0 spiro atoms. The minimum absolute atomic E-state index is 0.259. The fourth-order valence-electron chi connectivity index (χ4n) is 3.54. The maximum Gasteiger partial charge on any atom is 0.326 e. The number of nitrogens with zero attached hydrogens (tertiary/aromatic N) is 1. The summed E-state index contributed by atoms with van der Waals surface area (Å²) in [6, 6.07) is -4.26. The van der Waals surface area contributed by atoms with E-state index < -0.39 is 60.2 Å². The molecule has 8 N–H and O–H groups in total. The Morgan fingerprint density at radius 3 is 2.28 bits per heavy atom. The first-order valence-electron chi connectivity index (χ1n) is 10.8. The summed E-state index contributed by atoms with van der Waals surface area (Å²) in [6.07, 6.45) is 1.87. The van der Waals surface area contributed by atoms with Crippen molar-refractivity contribution < 1.29 is 34.2 Å². The molecule has 1 heterocycles. The standard InChI is InChI=1S/C20H35N5O7/c1-11(2)16(24-17(28)12(22)6-3-4-8-21)19(30)25-9-5-7-14(25)18(29)23-13(20(31)32)10-15(26)27/h11-14,16H,3-10,21-22H2,1-2H3,(H,23,29)(H,24,28)(H,26,27)(H,31,32). The molecule has 1 aliphatic rings. The number of hydrogen-bond acceptors (Lipinski definition) is 7. The van der Waals surface area contributed by atoms with Crippen molar-refractivity contribution in [2.45, 2.75) is 76.5 Å².